The van der Waals surface area contributed by atoms with Gasteiger partial charge in [0.1, 0.15) is 6.17 Å². The zero-order chi connectivity index (χ0) is 20.8. The summed E-state index contributed by atoms with van der Waals surface area (Å²) in [6.45, 7) is 4.17. The molecule has 5 rings (SSSR count). The molecule has 2 aromatic rings. The molecule has 1 unspecified atom stereocenters. The Bertz CT molecular complexity index is 994. The third kappa shape index (κ3) is 3.62. The number of amides is 1. The molecule has 2 aromatic carbocycles. The molecule has 1 aliphatic carbocycles. The lowest BCUT2D eigenvalue weighted by Crippen LogP contribution is -2.44. The van der Waals surface area contributed by atoms with Crippen LogP contribution < -0.4 is 0 Å². The second kappa shape index (κ2) is 7.92. The summed E-state index contributed by atoms with van der Waals surface area (Å²) < 4.78 is 0. The van der Waals surface area contributed by atoms with Crippen molar-refractivity contribution in [2.24, 2.45) is 5.92 Å². The lowest BCUT2D eigenvalue weighted by molar-refractivity contribution is -0.137. The van der Waals surface area contributed by atoms with Crippen LogP contribution in [0.15, 0.2) is 54.4 Å². The fourth-order valence-electron chi connectivity index (χ4n) is 4.52. The highest BCUT2D eigenvalue weighted by Crippen LogP contribution is 2.42. The van der Waals surface area contributed by atoms with Gasteiger partial charge < -0.3 is 0 Å². The molecule has 1 amide bonds. The number of hydrogen-bond acceptors (Lipinski definition) is 3. The number of hydrazine groups is 1. The van der Waals surface area contributed by atoms with Crippen molar-refractivity contribution in [3.63, 3.8) is 0 Å². The first-order chi connectivity index (χ1) is 14.5. The monoisotopic (exact) mass is 441 g/mol. The van der Waals surface area contributed by atoms with Crippen LogP contribution in [0, 0.1) is 5.92 Å². The Hall–Kier alpha value is -2.01. The van der Waals surface area contributed by atoms with Gasteiger partial charge in [0.05, 0.1) is 0 Å². The minimum atomic E-state index is -0.120. The largest absolute Gasteiger partial charge is 0.290 e. The van der Waals surface area contributed by atoms with Gasteiger partial charge in [-0.1, -0.05) is 53.5 Å². The van der Waals surface area contributed by atoms with E-state index in [-0.39, 0.29) is 18.0 Å². The first-order valence-corrected chi connectivity index (χ1v) is 11.4. The maximum Gasteiger partial charge on any atom is 0.231 e. The molecular formula is C24H25Cl2N3O. The number of rotatable bonds is 4. The van der Waals surface area contributed by atoms with Gasteiger partial charge in [0.25, 0.3) is 0 Å². The molecule has 2 fully saturated rings. The molecule has 1 saturated heterocycles. The van der Waals surface area contributed by atoms with Gasteiger partial charge in [-0.05, 0) is 55.9 Å². The van der Waals surface area contributed by atoms with Crippen LogP contribution in [0.4, 0.5) is 0 Å². The third-order valence-electron chi connectivity index (χ3n) is 6.20. The van der Waals surface area contributed by atoms with Gasteiger partial charge >= 0.3 is 0 Å². The van der Waals surface area contributed by atoms with Gasteiger partial charge in [-0.2, -0.15) is 0 Å². The summed E-state index contributed by atoms with van der Waals surface area (Å²) in [7, 11) is 0. The number of halogens is 2. The van der Waals surface area contributed by atoms with Gasteiger partial charge in [0.15, 0.2) is 0 Å². The summed E-state index contributed by atoms with van der Waals surface area (Å²) in [5.74, 6) is 0.424. The van der Waals surface area contributed by atoms with Crippen molar-refractivity contribution in [3.05, 3.63) is 70.0 Å². The van der Waals surface area contributed by atoms with Crippen molar-refractivity contribution in [2.75, 3.05) is 13.1 Å². The number of carbonyl (C=O) groups is 1. The molecular weight excluding hydrogens is 417 g/mol. The first kappa shape index (κ1) is 19.9. The molecule has 2 heterocycles. The van der Waals surface area contributed by atoms with Crippen molar-refractivity contribution in [1.82, 2.24) is 14.9 Å². The fourth-order valence-corrected chi connectivity index (χ4v) is 5.04. The third-order valence-corrected chi connectivity index (χ3v) is 6.75. The molecule has 0 N–H and O–H groups in total. The molecule has 0 spiro atoms. The summed E-state index contributed by atoms with van der Waals surface area (Å²) in [4.78, 5) is 15.0. The van der Waals surface area contributed by atoms with E-state index in [0.717, 1.165) is 48.3 Å². The van der Waals surface area contributed by atoms with Crippen molar-refractivity contribution in [3.8, 4) is 11.1 Å². The second-order valence-corrected chi connectivity index (χ2v) is 9.26. The normalized spacial score (nSPS) is 22.0. The number of nitrogens with zero attached hydrogens (tertiary/aromatic N) is 3. The second-order valence-electron chi connectivity index (χ2n) is 8.42. The molecule has 2 aliphatic heterocycles. The van der Waals surface area contributed by atoms with Crippen LogP contribution in [0.5, 0.6) is 0 Å². The van der Waals surface area contributed by atoms with Crippen molar-refractivity contribution < 1.29 is 4.79 Å². The number of carbonyl (C=O) groups excluding carboxylic acids is 1. The Morgan fingerprint density at radius 2 is 1.70 bits per heavy atom. The molecule has 156 valence electrons. The Morgan fingerprint density at radius 3 is 2.33 bits per heavy atom. The standard InChI is InChI=1S/C24H25Cl2N3O/c1-16-15-28(24(30)19-8-9-19)23(29(16)27-12-2-3-13-27)18-6-4-17(5-7-18)21-11-10-20(25)14-22(21)26/h4-7,10-11,14-15,19,23H,2-3,8-9,12-13H2,1H3. The summed E-state index contributed by atoms with van der Waals surface area (Å²) in [6.07, 6.45) is 6.32. The van der Waals surface area contributed by atoms with Crippen LogP contribution in [-0.2, 0) is 4.79 Å². The molecule has 6 heteroatoms. The minimum Gasteiger partial charge on any atom is -0.290 e. The minimum absolute atomic E-state index is 0.120. The van der Waals surface area contributed by atoms with E-state index in [1.807, 2.05) is 23.2 Å². The number of allylic oxidation sites excluding steroid dienone is 1. The molecule has 1 saturated carbocycles. The van der Waals surface area contributed by atoms with Gasteiger partial charge in [-0.25, -0.2) is 5.01 Å². The highest BCUT2D eigenvalue weighted by Gasteiger charge is 2.43. The molecule has 4 nitrogen and oxygen atoms in total. The highest BCUT2D eigenvalue weighted by molar-refractivity contribution is 6.36. The van der Waals surface area contributed by atoms with Gasteiger partial charge in [-0.15, -0.1) is 0 Å². The molecule has 0 bridgehead atoms. The van der Waals surface area contributed by atoms with E-state index in [2.05, 4.69) is 41.2 Å². The van der Waals surface area contributed by atoms with Crippen LogP contribution in [0.3, 0.4) is 0 Å². The molecule has 30 heavy (non-hydrogen) atoms. The molecule has 3 aliphatic rings. The Kier molecular flexibility index (Phi) is 5.26. The average molecular weight is 442 g/mol. The zero-order valence-electron chi connectivity index (χ0n) is 17.0. The summed E-state index contributed by atoms with van der Waals surface area (Å²) >= 11 is 12.5. The van der Waals surface area contributed by atoms with Crippen LogP contribution >= 0.6 is 23.2 Å². The zero-order valence-corrected chi connectivity index (χ0v) is 18.5. The van der Waals surface area contributed by atoms with E-state index in [9.17, 15) is 4.79 Å². The maximum absolute atomic E-state index is 13.1. The fraction of sp³-hybridized carbons (Fsp3) is 0.375. The van der Waals surface area contributed by atoms with Gasteiger partial charge in [-0.3, -0.25) is 14.7 Å². The Balaban J connectivity index is 1.49. The van der Waals surface area contributed by atoms with Crippen LogP contribution in [0.25, 0.3) is 11.1 Å². The van der Waals surface area contributed by atoms with Crippen molar-refractivity contribution >= 4 is 29.1 Å². The van der Waals surface area contributed by atoms with Crippen LogP contribution in [0.1, 0.15) is 44.3 Å². The van der Waals surface area contributed by atoms with Crippen LogP contribution in [0.2, 0.25) is 10.0 Å². The van der Waals surface area contributed by atoms with Gasteiger partial charge in [0.2, 0.25) is 5.91 Å². The van der Waals surface area contributed by atoms with E-state index in [4.69, 9.17) is 23.2 Å². The maximum atomic E-state index is 13.1. The molecule has 1 atom stereocenters. The van der Waals surface area contributed by atoms with E-state index in [0.29, 0.717) is 10.0 Å². The molecule has 0 radical (unpaired) electrons. The van der Waals surface area contributed by atoms with Crippen LogP contribution in [-0.4, -0.2) is 33.9 Å². The van der Waals surface area contributed by atoms with E-state index < -0.39 is 0 Å². The van der Waals surface area contributed by atoms with E-state index >= 15 is 0 Å². The summed E-state index contributed by atoms with van der Waals surface area (Å²) in [6, 6.07) is 14.0. The van der Waals surface area contributed by atoms with Crippen molar-refractivity contribution in [1.29, 1.82) is 0 Å². The Morgan fingerprint density at radius 1 is 1.00 bits per heavy atom. The quantitative estimate of drug-likeness (QED) is 0.574. The van der Waals surface area contributed by atoms with E-state index in [1.54, 1.807) is 6.07 Å². The number of hydrogen-bond donors (Lipinski definition) is 0. The molecule has 0 aromatic heterocycles. The SMILES string of the molecule is CC1=CN(C(=O)C2CC2)C(c2ccc(-c3ccc(Cl)cc3Cl)cc2)N1N1CCCC1. The lowest BCUT2D eigenvalue weighted by atomic mass is 10.0. The average Bonchev–Trinajstić information content (AvgIpc) is 3.33. The Labute approximate surface area is 187 Å². The highest BCUT2D eigenvalue weighted by atomic mass is 35.5. The summed E-state index contributed by atoms with van der Waals surface area (Å²) in [5.41, 5.74) is 4.23. The van der Waals surface area contributed by atoms with E-state index in [1.165, 1.54) is 12.8 Å². The lowest BCUT2D eigenvalue weighted by Gasteiger charge is -2.39. The van der Waals surface area contributed by atoms with Gasteiger partial charge in [0, 0.05) is 46.5 Å². The smallest absolute Gasteiger partial charge is 0.231 e. The predicted molar refractivity (Wildman–Crippen MR) is 121 cm³/mol. The van der Waals surface area contributed by atoms with Crippen molar-refractivity contribution in [2.45, 2.75) is 38.8 Å². The predicted octanol–water partition coefficient (Wildman–Crippen LogP) is 6.09. The first-order valence-electron chi connectivity index (χ1n) is 10.6. The topological polar surface area (TPSA) is 26.8 Å². The number of benzene rings is 2. The summed E-state index contributed by atoms with van der Waals surface area (Å²) in [5, 5.41) is 5.97.